The summed E-state index contributed by atoms with van der Waals surface area (Å²) in [4.78, 5) is 3.84. The first-order valence-corrected chi connectivity index (χ1v) is 6.21. The van der Waals surface area contributed by atoms with Crippen molar-refractivity contribution in [3.05, 3.63) is 52.4 Å². The number of ether oxygens (including phenoxy) is 1. The van der Waals surface area contributed by atoms with E-state index >= 15 is 0 Å². The van der Waals surface area contributed by atoms with Crippen molar-refractivity contribution in [2.75, 3.05) is 0 Å². The van der Waals surface area contributed by atoms with Gasteiger partial charge in [0.2, 0.25) is 0 Å². The highest BCUT2D eigenvalue weighted by atomic mass is 35.5. The van der Waals surface area contributed by atoms with E-state index < -0.39 is 5.82 Å². The molecule has 2 nitrogen and oxygen atoms in total. The molecular formula is C14H11ClFNO. The largest absolute Gasteiger partial charge is 0.436 e. The maximum Gasteiger partial charge on any atom is 0.255 e. The molecule has 0 N–H and O–H groups in total. The summed E-state index contributed by atoms with van der Waals surface area (Å²) in [5.74, 6) is 0.0183. The van der Waals surface area contributed by atoms with Gasteiger partial charge in [0.15, 0.2) is 5.82 Å². The first kappa shape index (κ1) is 11.5. The molecule has 4 heteroatoms. The lowest BCUT2D eigenvalue weighted by atomic mass is 10.1. The Balaban J connectivity index is 1.88. The quantitative estimate of drug-likeness (QED) is 0.812. The topological polar surface area (TPSA) is 22.1 Å². The zero-order chi connectivity index (χ0) is 12.5. The van der Waals surface area contributed by atoms with Crippen LogP contribution in [0.5, 0.6) is 11.6 Å². The van der Waals surface area contributed by atoms with E-state index in [4.69, 9.17) is 16.3 Å². The molecule has 18 heavy (non-hydrogen) atoms. The van der Waals surface area contributed by atoms with Gasteiger partial charge < -0.3 is 4.74 Å². The molecule has 0 radical (unpaired) electrons. The second-order valence-electron chi connectivity index (χ2n) is 4.33. The second-order valence-corrected chi connectivity index (χ2v) is 4.76. The third kappa shape index (κ3) is 2.18. The molecular weight excluding hydrogens is 253 g/mol. The molecule has 2 aromatic rings. The van der Waals surface area contributed by atoms with Gasteiger partial charge in [-0.1, -0.05) is 17.7 Å². The molecule has 0 bridgehead atoms. The Labute approximate surface area is 109 Å². The number of hydrogen-bond acceptors (Lipinski definition) is 2. The summed E-state index contributed by atoms with van der Waals surface area (Å²) in [6.07, 6.45) is 4.71. The molecule has 1 aromatic carbocycles. The number of halogens is 2. The summed E-state index contributed by atoms with van der Waals surface area (Å²) in [5.41, 5.74) is 2.63. The Hall–Kier alpha value is -1.61. The molecule has 1 heterocycles. The summed E-state index contributed by atoms with van der Waals surface area (Å²) >= 11 is 5.64. The fraction of sp³-hybridized carbons (Fsp3) is 0.214. The molecule has 0 aliphatic heterocycles. The van der Waals surface area contributed by atoms with Crippen molar-refractivity contribution in [3.8, 4) is 11.6 Å². The van der Waals surface area contributed by atoms with Crippen LogP contribution in [0, 0.1) is 5.82 Å². The normalized spacial score (nSPS) is 13.4. The average Bonchev–Trinajstić information content (AvgIpc) is 2.80. The monoisotopic (exact) mass is 263 g/mol. The number of benzene rings is 1. The Morgan fingerprint density at radius 2 is 2.00 bits per heavy atom. The highest BCUT2D eigenvalue weighted by molar-refractivity contribution is 6.30. The van der Waals surface area contributed by atoms with Crippen LogP contribution >= 0.6 is 11.6 Å². The van der Waals surface area contributed by atoms with E-state index in [0.717, 1.165) is 12.8 Å². The van der Waals surface area contributed by atoms with Gasteiger partial charge in [-0.15, -0.1) is 0 Å². The number of hydrogen-bond donors (Lipinski definition) is 0. The molecule has 0 unspecified atom stereocenters. The van der Waals surface area contributed by atoms with Crippen molar-refractivity contribution < 1.29 is 9.13 Å². The van der Waals surface area contributed by atoms with Gasteiger partial charge >= 0.3 is 0 Å². The second kappa shape index (κ2) is 4.58. The molecule has 3 rings (SSSR count). The number of pyridine rings is 1. The third-order valence-corrected chi connectivity index (χ3v) is 3.27. The van der Waals surface area contributed by atoms with E-state index in [1.165, 1.54) is 29.8 Å². The van der Waals surface area contributed by atoms with Crippen molar-refractivity contribution in [2.45, 2.75) is 19.3 Å². The van der Waals surface area contributed by atoms with Crippen LogP contribution in [0.2, 0.25) is 5.02 Å². The molecule has 0 spiro atoms. The number of rotatable bonds is 2. The zero-order valence-corrected chi connectivity index (χ0v) is 10.4. The van der Waals surface area contributed by atoms with E-state index in [2.05, 4.69) is 4.98 Å². The number of nitrogens with zero attached hydrogens (tertiary/aromatic N) is 1. The van der Waals surface area contributed by atoms with Crippen LogP contribution in [0.4, 0.5) is 4.39 Å². The van der Waals surface area contributed by atoms with Crippen molar-refractivity contribution in [2.24, 2.45) is 0 Å². The van der Waals surface area contributed by atoms with Crippen molar-refractivity contribution in [1.82, 2.24) is 4.98 Å². The Kier molecular flexibility index (Phi) is 2.92. The van der Waals surface area contributed by atoms with Crippen molar-refractivity contribution >= 4 is 11.6 Å². The molecule has 0 saturated heterocycles. The summed E-state index contributed by atoms with van der Waals surface area (Å²) in [5, 5.41) is 0.258. The summed E-state index contributed by atoms with van der Waals surface area (Å²) in [7, 11) is 0. The first-order chi connectivity index (χ1) is 8.72. The third-order valence-electron chi connectivity index (χ3n) is 3.06. The molecule has 1 aliphatic carbocycles. The van der Waals surface area contributed by atoms with Crippen LogP contribution in [-0.2, 0) is 12.8 Å². The standard InChI is InChI=1S/C14H11ClFNO/c15-11-7-13(16)14(17-8-11)18-12-5-4-9-2-1-3-10(9)6-12/h4-8H,1-3H2. The predicted octanol–water partition coefficient (Wildman–Crippen LogP) is 4.16. The maximum absolute atomic E-state index is 13.5. The molecule has 0 amide bonds. The smallest absolute Gasteiger partial charge is 0.255 e. The highest BCUT2D eigenvalue weighted by Gasteiger charge is 2.13. The highest BCUT2D eigenvalue weighted by Crippen LogP contribution is 2.29. The van der Waals surface area contributed by atoms with Gasteiger partial charge in [0, 0.05) is 6.20 Å². The van der Waals surface area contributed by atoms with Crippen LogP contribution in [0.1, 0.15) is 17.5 Å². The van der Waals surface area contributed by atoms with E-state index in [-0.39, 0.29) is 10.9 Å². The lowest BCUT2D eigenvalue weighted by molar-refractivity contribution is 0.422. The Morgan fingerprint density at radius 3 is 2.83 bits per heavy atom. The predicted molar refractivity (Wildman–Crippen MR) is 67.7 cm³/mol. The zero-order valence-electron chi connectivity index (χ0n) is 9.62. The van der Waals surface area contributed by atoms with Crippen molar-refractivity contribution in [3.63, 3.8) is 0 Å². The van der Waals surface area contributed by atoms with Crippen LogP contribution < -0.4 is 4.74 Å². The van der Waals surface area contributed by atoms with Crippen molar-refractivity contribution in [1.29, 1.82) is 0 Å². The van der Waals surface area contributed by atoms with Gasteiger partial charge in [-0.3, -0.25) is 0 Å². The van der Waals surface area contributed by atoms with E-state index in [1.54, 1.807) is 0 Å². The van der Waals surface area contributed by atoms with E-state index in [1.807, 2.05) is 18.2 Å². The average molecular weight is 264 g/mol. The lowest BCUT2D eigenvalue weighted by Gasteiger charge is -2.07. The van der Waals surface area contributed by atoms with Gasteiger partial charge in [-0.25, -0.2) is 9.37 Å². The summed E-state index contributed by atoms with van der Waals surface area (Å²) < 4.78 is 19.0. The molecule has 0 saturated carbocycles. The SMILES string of the molecule is Fc1cc(Cl)cnc1Oc1ccc2c(c1)CCC2. The van der Waals surface area contributed by atoms with Crippen LogP contribution in [-0.4, -0.2) is 4.98 Å². The van der Waals surface area contributed by atoms with Gasteiger partial charge in [0.05, 0.1) is 5.02 Å². The van der Waals surface area contributed by atoms with E-state index in [9.17, 15) is 4.39 Å². The lowest BCUT2D eigenvalue weighted by Crippen LogP contribution is -1.93. The Morgan fingerprint density at radius 1 is 1.17 bits per heavy atom. The number of aromatic nitrogens is 1. The van der Waals surface area contributed by atoms with Crippen LogP contribution in [0.3, 0.4) is 0 Å². The Bertz CT molecular complexity index is 600. The first-order valence-electron chi connectivity index (χ1n) is 5.83. The number of fused-ring (bicyclic) bond motifs is 1. The molecule has 0 atom stereocenters. The van der Waals surface area contributed by atoms with Crippen LogP contribution in [0.15, 0.2) is 30.5 Å². The minimum absolute atomic E-state index is 0.0441. The van der Waals surface area contributed by atoms with Gasteiger partial charge in [-0.05, 0) is 48.6 Å². The number of aryl methyl sites for hydroxylation is 2. The minimum atomic E-state index is -0.553. The fourth-order valence-corrected chi connectivity index (χ4v) is 2.35. The van der Waals surface area contributed by atoms with Gasteiger partial charge in [0.1, 0.15) is 5.75 Å². The van der Waals surface area contributed by atoms with Gasteiger partial charge in [0.25, 0.3) is 5.88 Å². The summed E-state index contributed by atoms with van der Waals surface area (Å²) in [6, 6.07) is 7.03. The molecule has 1 aromatic heterocycles. The van der Waals surface area contributed by atoms with E-state index in [0.29, 0.717) is 5.75 Å². The molecule has 92 valence electrons. The minimum Gasteiger partial charge on any atom is -0.436 e. The molecule has 0 fully saturated rings. The maximum atomic E-state index is 13.5. The fourth-order valence-electron chi connectivity index (χ4n) is 2.20. The summed E-state index contributed by atoms with van der Waals surface area (Å²) in [6.45, 7) is 0. The molecule has 1 aliphatic rings. The van der Waals surface area contributed by atoms with Crippen LogP contribution in [0.25, 0.3) is 0 Å². The van der Waals surface area contributed by atoms with Gasteiger partial charge in [-0.2, -0.15) is 0 Å².